The van der Waals surface area contributed by atoms with Gasteiger partial charge >= 0.3 is 5.97 Å². The second kappa shape index (κ2) is 10.3. The average molecular weight is 462 g/mol. The number of morpholine rings is 1. The Hall–Kier alpha value is -2.34. The number of carboxylic acids is 1. The maximum absolute atomic E-state index is 13.5. The van der Waals surface area contributed by atoms with Crippen molar-refractivity contribution in [2.45, 2.75) is 50.5 Å². The summed E-state index contributed by atoms with van der Waals surface area (Å²) in [7, 11) is 0. The molecule has 1 N–H and O–H groups in total. The first-order valence-corrected chi connectivity index (χ1v) is 10.9. The molecule has 1 saturated heterocycles. The summed E-state index contributed by atoms with van der Waals surface area (Å²) in [6, 6.07) is 12.6. The maximum atomic E-state index is 13.5. The highest BCUT2D eigenvalue weighted by atomic mass is 35.5. The SMILES string of the molecule is C=CC[C@H]1O[C@H](c2ccc(Cl)cc2)[C@H](c2ccc(Cl)cc2)N([C@@H](CCC)C(=O)O)C1=O. The molecule has 2 aromatic rings. The molecule has 0 radical (unpaired) electrons. The van der Waals surface area contributed by atoms with Gasteiger partial charge < -0.3 is 14.7 Å². The van der Waals surface area contributed by atoms with E-state index in [-0.39, 0.29) is 12.3 Å². The number of rotatable bonds is 8. The molecule has 164 valence electrons. The number of hydrogen-bond acceptors (Lipinski definition) is 3. The van der Waals surface area contributed by atoms with Crippen molar-refractivity contribution in [1.29, 1.82) is 0 Å². The van der Waals surface area contributed by atoms with Gasteiger partial charge in [0.15, 0.2) is 0 Å². The van der Waals surface area contributed by atoms with E-state index in [1.807, 2.05) is 19.1 Å². The molecule has 3 rings (SSSR count). The van der Waals surface area contributed by atoms with Crippen molar-refractivity contribution in [2.24, 2.45) is 0 Å². The molecule has 4 atom stereocenters. The lowest BCUT2D eigenvalue weighted by Gasteiger charge is -2.47. The van der Waals surface area contributed by atoms with Crippen LogP contribution in [0.2, 0.25) is 10.0 Å². The van der Waals surface area contributed by atoms with Crippen LogP contribution in [0, 0.1) is 0 Å². The molecule has 5 nitrogen and oxygen atoms in total. The van der Waals surface area contributed by atoms with E-state index in [1.165, 1.54) is 4.90 Å². The number of carbonyl (C=O) groups excluding carboxylic acids is 1. The van der Waals surface area contributed by atoms with E-state index in [4.69, 9.17) is 27.9 Å². The van der Waals surface area contributed by atoms with Gasteiger partial charge in [0.1, 0.15) is 18.2 Å². The zero-order valence-corrected chi connectivity index (χ0v) is 18.7. The Kier molecular flexibility index (Phi) is 7.76. The minimum Gasteiger partial charge on any atom is -0.480 e. The van der Waals surface area contributed by atoms with Crippen molar-refractivity contribution >= 4 is 35.1 Å². The van der Waals surface area contributed by atoms with Gasteiger partial charge in [-0.05, 0) is 41.8 Å². The first kappa shape index (κ1) is 23.3. The van der Waals surface area contributed by atoms with Crippen LogP contribution in [-0.4, -0.2) is 34.0 Å². The van der Waals surface area contributed by atoms with E-state index in [9.17, 15) is 14.7 Å². The lowest BCUT2D eigenvalue weighted by atomic mass is 9.89. The fourth-order valence-corrected chi connectivity index (χ4v) is 4.23. The van der Waals surface area contributed by atoms with Gasteiger partial charge in [0.05, 0.1) is 6.04 Å². The molecule has 31 heavy (non-hydrogen) atoms. The van der Waals surface area contributed by atoms with E-state index in [2.05, 4.69) is 6.58 Å². The third-order valence-electron chi connectivity index (χ3n) is 5.40. The highest BCUT2D eigenvalue weighted by Gasteiger charge is 2.47. The van der Waals surface area contributed by atoms with Crippen molar-refractivity contribution < 1.29 is 19.4 Å². The summed E-state index contributed by atoms with van der Waals surface area (Å²) in [5, 5.41) is 11.1. The van der Waals surface area contributed by atoms with Crippen LogP contribution in [0.5, 0.6) is 0 Å². The standard InChI is InChI=1S/C24H25Cl2NO4/c1-3-5-19(24(29)30)27-21(15-7-11-17(25)12-8-15)22(16-9-13-18(26)14-10-16)31-20(6-4-2)23(27)28/h4,7-14,19-22H,2-3,5-6H2,1H3,(H,29,30)/t19-,20+,21-,22+/m0/s1. The monoisotopic (exact) mass is 461 g/mol. The summed E-state index contributed by atoms with van der Waals surface area (Å²) in [6.07, 6.45) is 1.44. The molecule has 7 heteroatoms. The van der Waals surface area contributed by atoms with Crippen LogP contribution in [0.3, 0.4) is 0 Å². The molecule has 1 heterocycles. The quantitative estimate of drug-likeness (QED) is 0.501. The van der Waals surface area contributed by atoms with Crippen molar-refractivity contribution in [3.63, 3.8) is 0 Å². The number of nitrogens with zero attached hydrogens (tertiary/aromatic N) is 1. The van der Waals surface area contributed by atoms with Gasteiger partial charge in [-0.1, -0.05) is 66.9 Å². The van der Waals surface area contributed by atoms with E-state index >= 15 is 0 Å². The molecule has 0 saturated carbocycles. The van der Waals surface area contributed by atoms with Crippen molar-refractivity contribution in [2.75, 3.05) is 0 Å². The highest BCUT2D eigenvalue weighted by molar-refractivity contribution is 6.30. The highest BCUT2D eigenvalue weighted by Crippen LogP contribution is 2.44. The number of amides is 1. The Labute approximate surface area is 192 Å². The fraction of sp³-hybridized carbons (Fsp3) is 0.333. The number of hydrogen-bond donors (Lipinski definition) is 1. The van der Waals surface area contributed by atoms with Gasteiger partial charge in [-0.15, -0.1) is 6.58 Å². The normalized spacial score (nSPS) is 22.2. The Balaban J connectivity index is 2.18. The minimum atomic E-state index is -1.04. The number of carboxylic acid groups (broad SMARTS) is 1. The molecule has 0 bridgehead atoms. The van der Waals surface area contributed by atoms with Crippen LogP contribution in [-0.2, 0) is 14.3 Å². The molecule has 2 aromatic carbocycles. The average Bonchev–Trinajstić information content (AvgIpc) is 2.75. The van der Waals surface area contributed by atoms with Crippen LogP contribution < -0.4 is 0 Å². The predicted octanol–water partition coefficient (Wildman–Crippen LogP) is 5.83. The zero-order chi connectivity index (χ0) is 22.5. The van der Waals surface area contributed by atoms with E-state index < -0.39 is 30.3 Å². The predicted molar refractivity (Wildman–Crippen MR) is 121 cm³/mol. The molecule has 0 aliphatic carbocycles. The molecule has 1 aliphatic rings. The molecule has 1 fully saturated rings. The van der Waals surface area contributed by atoms with Gasteiger partial charge in [-0.2, -0.15) is 0 Å². The summed E-state index contributed by atoms with van der Waals surface area (Å²) in [5.41, 5.74) is 1.55. The molecular weight excluding hydrogens is 437 g/mol. The van der Waals surface area contributed by atoms with Gasteiger partial charge in [0.2, 0.25) is 0 Å². The number of aliphatic carboxylic acids is 1. The summed E-state index contributed by atoms with van der Waals surface area (Å²) in [6.45, 7) is 5.63. The second-order valence-corrected chi connectivity index (χ2v) is 8.38. The van der Waals surface area contributed by atoms with E-state index in [0.717, 1.165) is 11.1 Å². The third kappa shape index (κ3) is 5.12. The van der Waals surface area contributed by atoms with Crippen molar-refractivity contribution in [3.05, 3.63) is 82.4 Å². The molecule has 1 amide bonds. The van der Waals surface area contributed by atoms with E-state index in [1.54, 1.807) is 42.5 Å². The zero-order valence-electron chi connectivity index (χ0n) is 17.2. The first-order valence-electron chi connectivity index (χ1n) is 10.2. The number of carbonyl (C=O) groups is 2. The smallest absolute Gasteiger partial charge is 0.326 e. The lowest BCUT2D eigenvalue weighted by Crippen LogP contribution is -2.56. The van der Waals surface area contributed by atoms with Crippen LogP contribution >= 0.6 is 23.2 Å². The Morgan fingerprint density at radius 1 is 1.13 bits per heavy atom. The van der Waals surface area contributed by atoms with Crippen LogP contribution in [0.1, 0.15) is 49.5 Å². The number of halogens is 2. The molecule has 1 aliphatic heterocycles. The second-order valence-electron chi connectivity index (χ2n) is 7.51. The summed E-state index contributed by atoms with van der Waals surface area (Å²) in [5.74, 6) is -1.39. The van der Waals surface area contributed by atoms with Gasteiger partial charge in [-0.3, -0.25) is 4.79 Å². The van der Waals surface area contributed by atoms with E-state index in [0.29, 0.717) is 22.9 Å². The minimum absolute atomic E-state index is 0.283. The number of benzene rings is 2. The van der Waals surface area contributed by atoms with Crippen LogP contribution in [0.4, 0.5) is 0 Å². The van der Waals surface area contributed by atoms with Crippen LogP contribution in [0.15, 0.2) is 61.2 Å². The van der Waals surface area contributed by atoms with Gasteiger partial charge in [0.25, 0.3) is 5.91 Å². The first-order chi connectivity index (χ1) is 14.9. The topological polar surface area (TPSA) is 66.8 Å². The Morgan fingerprint density at radius 2 is 1.68 bits per heavy atom. The Morgan fingerprint density at radius 3 is 2.16 bits per heavy atom. The van der Waals surface area contributed by atoms with Crippen LogP contribution in [0.25, 0.3) is 0 Å². The molecule has 0 aromatic heterocycles. The van der Waals surface area contributed by atoms with Gasteiger partial charge in [0, 0.05) is 16.5 Å². The third-order valence-corrected chi connectivity index (χ3v) is 5.90. The summed E-state index contributed by atoms with van der Waals surface area (Å²) >= 11 is 12.2. The fourth-order valence-electron chi connectivity index (χ4n) is 3.98. The summed E-state index contributed by atoms with van der Waals surface area (Å²) < 4.78 is 6.27. The summed E-state index contributed by atoms with van der Waals surface area (Å²) in [4.78, 5) is 27.2. The number of ether oxygens (including phenoxy) is 1. The lowest BCUT2D eigenvalue weighted by molar-refractivity contribution is -0.184. The molecule has 0 spiro atoms. The molecule has 0 unspecified atom stereocenters. The van der Waals surface area contributed by atoms with Crippen molar-refractivity contribution in [3.8, 4) is 0 Å². The van der Waals surface area contributed by atoms with Crippen molar-refractivity contribution in [1.82, 2.24) is 4.90 Å². The Bertz CT molecular complexity index is 930. The largest absolute Gasteiger partial charge is 0.480 e. The van der Waals surface area contributed by atoms with Gasteiger partial charge in [-0.25, -0.2) is 4.79 Å². The molecular formula is C24H25Cl2NO4. The maximum Gasteiger partial charge on any atom is 0.326 e.